The van der Waals surface area contributed by atoms with Crippen LogP contribution in [-0.2, 0) is 22.5 Å². The Morgan fingerprint density at radius 2 is 1.94 bits per heavy atom. The van der Waals surface area contributed by atoms with Gasteiger partial charge in [0.1, 0.15) is 5.41 Å². The lowest BCUT2D eigenvalue weighted by molar-refractivity contribution is -0.170. The number of carbonyl (C=O) groups excluding carboxylic acids is 1. The highest BCUT2D eigenvalue weighted by Gasteiger charge is 2.45. The van der Waals surface area contributed by atoms with Gasteiger partial charge in [0.15, 0.2) is 0 Å². The first-order chi connectivity index (χ1) is 8.70. The van der Waals surface area contributed by atoms with Gasteiger partial charge in [0.2, 0.25) is 5.91 Å². The van der Waals surface area contributed by atoms with E-state index in [0.717, 1.165) is 12.0 Å². The SMILES string of the molecule is CCc1ccc(CNC(=O)C2(CO)COC2)cc1. The minimum absolute atomic E-state index is 0.129. The topological polar surface area (TPSA) is 58.6 Å². The predicted molar refractivity (Wildman–Crippen MR) is 68.0 cm³/mol. The number of hydrogen-bond donors (Lipinski definition) is 2. The van der Waals surface area contributed by atoms with Crippen molar-refractivity contribution in [3.63, 3.8) is 0 Å². The molecule has 0 unspecified atom stereocenters. The van der Waals surface area contributed by atoms with E-state index in [1.54, 1.807) is 0 Å². The van der Waals surface area contributed by atoms with Gasteiger partial charge in [-0.1, -0.05) is 31.2 Å². The maximum atomic E-state index is 11.9. The molecule has 1 fully saturated rings. The summed E-state index contributed by atoms with van der Waals surface area (Å²) in [5, 5.41) is 12.1. The standard InChI is InChI=1S/C14H19NO3/c1-2-11-3-5-12(6-4-11)7-15-13(17)14(8-16)9-18-10-14/h3-6,16H,2,7-10H2,1H3,(H,15,17). The number of carbonyl (C=O) groups is 1. The molecule has 4 nitrogen and oxygen atoms in total. The molecule has 0 aromatic heterocycles. The van der Waals surface area contributed by atoms with Gasteiger partial charge in [0.25, 0.3) is 0 Å². The molecular weight excluding hydrogens is 230 g/mol. The highest BCUT2D eigenvalue weighted by atomic mass is 16.5. The van der Waals surface area contributed by atoms with Crippen LogP contribution in [0.5, 0.6) is 0 Å². The van der Waals surface area contributed by atoms with Crippen molar-refractivity contribution >= 4 is 5.91 Å². The van der Waals surface area contributed by atoms with Crippen molar-refractivity contribution in [3.8, 4) is 0 Å². The molecule has 1 amide bonds. The number of ether oxygens (including phenoxy) is 1. The summed E-state index contributed by atoms with van der Waals surface area (Å²) in [6, 6.07) is 8.16. The van der Waals surface area contributed by atoms with Crippen LogP contribution in [0.25, 0.3) is 0 Å². The summed E-state index contributed by atoms with van der Waals surface area (Å²) in [5.74, 6) is -0.129. The second kappa shape index (κ2) is 5.50. The second-order valence-electron chi connectivity index (χ2n) is 4.78. The molecule has 0 bridgehead atoms. The number of amides is 1. The maximum Gasteiger partial charge on any atom is 0.233 e. The lowest BCUT2D eigenvalue weighted by Gasteiger charge is -2.38. The predicted octanol–water partition coefficient (Wildman–Crippen LogP) is 0.874. The summed E-state index contributed by atoms with van der Waals surface area (Å²) in [7, 11) is 0. The molecule has 1 heterocycles. The molecule has 0 atom stereocenters. The summed E-state index contributed by atoms with van der Waals surface area (Å²) in [5.41, 5.74) is 1.63. The zero-order valence-electron chi connectivity index (χ0n) is 10.6. The molecule has 18 heavy (non-hydrogen) atoms. The molecule has 1 aliphatic heterocycles. The van der Waals surface area contributed by atoms with Crippen molar-refractivity contribution in [1.82, 2.24) is 5.32 Å². The Labute approximate surface area is 107 Å². The van der Waals surface area contributed by atoms with Crippen LogP contribution in [0.15, 0.2) is 24.3 Å². The molecule has 1 aromatic rings. The van der Waals surface area contributed by atoms with Gasteiger partial charge in [-0.15, -0.1) is 0 Å². The van der Waals surface area contributed by atoms with E-state index >= 15 is 0 Å². The van der Waals surface area contributed by atoms with Gasteiger partial charge in [0, 0.05) is 6.54 Å². The second-order valence-corrected chi connectivity index (χ2v) is 4.78. The quantitative estimate of drug-likeness (QED) is 0.814. The third-order valence-corrected chi connectivity index (χ3v) is 3.43. The Bertz CT molecular complexity index is 404. The Morgan fingerprint density at radius 1 is 1.33 bits per heavy atom. The number of rotatable bonds is 5. The largest absolute Gasteiger partial charge is 0.395 e. The van der Waals surface area contributed by atoms with Crippen molar-refractivity contribution in [2.24, 2.45) is 5.41 Å². The minimum atomic E-state index is -0.719. The lowest BCUT2D eigenvalue weighted by atomic mass is 9.86. The van der Waals surface area contributed by atoms with Crippen LogP contribution in [0.4, 0.5) is 0 Å². The Kier molecular flexibility index (Phi) is 3.99. The molecule has 2 rings (SSSR count). The first kappa shape index (κ1) is 13.1. The van der Waals surface area contributed by atoms with Crippen LogP contribution in [0.3, 0.4) is 0 Å². The van der Waals surface area contributed by atoms with Crippen LogP contribution in [-0.4, -0.2) is 30.8 Å². The molecule has 2 N–H and O–H groups in total. The summed E-state index contributed by atoms with van der Waals surface area (Å²) in [4.78, 5) is 11.9. The van der Waals surface area contributed by atoms with Crippen LogP contribution in [0.2, 0.25) is 0 Å². The van der Waals surface area contributed by atoms with Gasteiger partial charge < -0.3 is 15.2 Å². The minimum Gasteiger partial charge on any atom is -0.395 e. The first-order valence-electron chi connectivity index (χ1n) is 6.25. The normalized spacial score (nSPS) is 17.0. The summed E-state index contributed by atoms with van der Waals surface area (Å²) in [6.07, 6.45) is 1.01. The van der Waals surface area contributed by atoms with E-state index in [4.69, 9.17) is 4.74 Å². The highest BCUT2D eigenvalue weighted by molar-refractivity contribution is 5.83. The lowest BCUT2D eigenvalue weighted by Crippen LogP contribution is -2.56. The van der Waals surface area contributed by atoms with Crippen LogP contribution in [0.1, 0.15) is 18.1 Å². The average Bonchev–Trinajstić information content (AvgIpc) is 2.36. The van der Waals surface area contributed by atoms with Gasteiger partial charge in [-0.05, 0) is 17.5 Å². The molecule has 0 saturated carbocycles. The van der Waals surface area contributed by atoms with Crippen LogP contribution >= 0.6 is 0 Å². The van der Waals surface area contributed by atoms with Gasteiger partial charge >= 0.3 is 0 Å². The number of aliphatic hydroxyl groups excluding tert-OH is 1. The first-order valence-corrected chi connectivity index (χ1v) is 6.25. The van der Waals surface area contributed by atoms with Crippen molar-refractivity contribution in [2.45, 2.75) is 19.9 Å². The fraction of sp³-hybridized carbons (Fsp3) is 0.500. The molecule has 4 heteroatoms. The highest BCUT2D eigenvalue weighted by Crippen LogP contribution is 2.26. The Morgan fingerprint density at radius 3 is 2.39 bits per heavy atom. The summed E-state index contributed by atoms with van der Waals surface area (Å²) < 4.78 is 5.01. The molecule has 1 aromatic carbocycles. The fourth-order valence-corrected chi connectivity index (χ4v) is 1.91. The van der Waals surface area contributed by atoms with Crippen molar-refractivity contribution < 1.29 is 14.6 Å². The van der Waals surface area contributed by atoms with E-state index in [0.29, 0.717) is 19.8 Å². The van der Waals surface area contributed by atoms with Crippen LogP contribution < -0.4 is 5.32 Å². The number of aliphatic hydroxyl groups is 1. The summed E-state index contributed by atoms with van der Waals surface area (Å²) in [6.45, 7) is 3.06. The molecular formula is C14H19NO3. The van der Waals surface area contributed by atoms with E-state index in [9.17, 15) is 9.90 Å². The van der Waals surface area contributed by atoms with E-state index in [2.05, 4.69) is 24.4 Å². The molecule has 98 valence electrons. The Balaban J connectivity index is 1.88. The van der Waals surface area contributed by atoms with E-state index in [1.165, 1.54) is 5.56 Å². The monoisotopic (exact) mass is 249 g/mol. The van der Waals surface area contributed by atoms with E-state index < -0.39 is 5.41 Å². The molecule has 0 spiro atoms. The molecule has 0 aliphatic carbocycles. The zero-order valence-corrected chi connectivity index (χ0v) is 10.6. The van der Waals surface area contributed by atoms with Gasteiger partial charge in [-0.2, -0.15) is 0 Å². The molecule has 1 saturated heterocycles. The molecule has 0 radical (unpaired) electrons. The van der Waals surface area contributed by atoms with E-state index in [-0.39, 0.29) is 12.5 Å². The van der Waals surface area contributed by atoms with Gasteiger partial charge in [-0.3, -0.25) is 4.79 Å². The maximum absolute atomic E-state index is 11.9. The third-order valence-electron chi connectivity index (χ3n) is 3.43. The summed E-state index contributed by atoms with van der Waals surface area (Å²) >= 11 is 0. The van der Waals surface area contributed by atoms with Crippen molar-refractivity contribution in [2.75, 3.05) is 19.8 Å². The number of nitrogens with one attached hydrogen (secondary N) is 1. The number of benzene rings is 1. The van der Waals surface area contributed by atoms with Crippen LogP contribution in [0, 0.1) is 5.41 Å². The number of aryl methyl sites for hydroxylation is 1. The Hall–Kier alpha value is -1.39. The van der Waals surface area contributed by atoms with Gasteiger partial charge in [-0.25, -0.2) is 0 Å². The molecule has 1 aliphatic rings. The zero-order chi connectivity index (χ0) is 13.0. The number of hydrogen-bond acceptors (Lipinski definition) is 3. The van der Waals surface area contributed by atoms with Crippen molar-refractivity contribution in [1.29, 1.82) is 0 Å². The third kappa shape index (κ3) is 2.54. The van der Waals surface area contributed by atoms with Crippen molar-refractivity contribution in [3.05, 3.63) is 35.4 Å². The van der Waals surface area contributed by atoms with Gasteiger partial charge in [0.05, 0.1) is 19.8 Å². The smallest absolute Gasteiger partial charge is 0.233 e. The fourth-order valence-electron chi connectivity index (χ4n) is 1.91. The van der Waals surface area contributed by atoms with E-state index in [1.807, 2.05) is 12.1 Å². The average molecular weight is 249 g/mol.